The van der Waals surface area contributed by atoms with Gasteiger partial charge < -0.3 is 24.5 Å². The number of carbonyl (C=O) groups excluding carboxylic acids is 1. The van der Waals surface area contributed by atoms with Gasteiger partial charge in [-0.05, 0) is 59.9 Å². The third-order valence-corrected chi connectivity index (χ3v) is 7.21. The Morgan fingerprint density at radius 3 is 2.24 bits per heavy atom. The third-order valence-electron chi connectivity index (χ3n) is 7.21. The molecule has 1 atom stereocenters. The molecule has 1 unspecified atom stereocenters. The second-order valence-electron chi connectivity index (χ2n) is 9.50. The molecule has 0 spiro atoms. The molecule has 3 aromatic carbocycles. The SMILES string of the molecule is COc1cccc(-n2c(C)cc(CC(NC(=O)OCC3c4ccccc4-c4ccccc43)C(=O)O)c2C)c1. The Morgan fingerprint density at radius 2 is 1.61 bits per heavy atom. The first kappa shape index (κ1) is 25.1. The van der Waals surface area contributed by atoms with Crippen LogP contribution in [0.25, 0.3) is 16.8 Å². The molecule has 0 bridgehead atoms. The fourth-order valence-corrected chi connectivity index (χ4v) is 5.39. The summed E-state index contributed by atoms with van der Waals surface area (Å²) in [5, 5.41) is 12.4. The van der Waals surface area contributed by atoms with E-state index in [1.165, 1.54) is 0 Å². The van der Waals surface area contributed by atoms with Gasteiger partial charge in [0.25, 0.3) is 0 Å². The van der Waals surface area contributed by atoms with Crippen molar-refractivity contribution >= 4 is 12.1 Å². The summed E-state index contributed by atoms with van der Waals surface area (Å²) < 4.78 is 13.0. The van der Waals surface area contributed by atoms with E-state index in [1.807, 2.05) is 85.1 Å². The van der Waals surface area contributed by atoms with Gasteiger partial charge >= 0.3 is 12.1 Å². The normalized spacial score (nSPS) is 12.9. The summed E-state index contributed by atoms with van der Waals surface area (Å²) in [6, 6.07) is 24.6. The minimum Gasteiger partial charge on any atom is -0.497 e. The summed E-state index contributed by atoms with van der Waals surface area (Å²) in [4.78, 5) is 24.9. The fourth-order valence-electron chi connectivity index (χ4n) is 5.39. The number of carbonyl (C=O) groups is 2. The molecule has 0 saturated carbocycles. The molecule has 194 valence electrons. The largest absolute Gasteiger partial charge is 0.497 e. The lowest BCUT2D eigenvalue weighted by atomic mass is 9.98. The molecule has 5 rings (SSSR count). The standard InChI is InChI=1S/C31H30N2O5/c1-19-15-21(20(2)33(19)22-9-8-10-23(17-22)37-3)16-29(30(34)35)32-31(36)38-18-28-26-13-6-4-11-24(26)25-12-5-7-14-27(25)28/h4-15,17,28-29H,16,18H2,1-3H3,(H,32,36)(H,34,35). The Labute approximate surface area is 221 Å². The first-order valence-electron chi connectivity index (χ1n) is 12.5. The average molecular weight is 511 g/mol. The maximum atomic E-state index is 12.8. The average Bonchev–Trinajstić information content (AvgIpc) is 3.39. The third kappa shape index (κ3) is 4.75. The van der Waals surface area contributed by atoms with E-state index in [0.29, 0.717) is 0 Å². The number of fused-ring (bicyclic) bond motifs is 3. The quantitative estimate of drug-likeness (QED) is 0.320. The highest BCUT2D eigenvalue weighted by atomic mass is 16.5. The van der Waals surface area contributed by atoms with Crippen molar-refractivity contribution in [2.24, 2.45) is 0 Å². The molecule has 1 heterocycles. The summed E-state index contributed by atoms with van der Waals surface area (Å²) in [5.41, 5.74) is 8.06. The van der Waals surface area contributed by atoms with Crippen molar-refractivity contribution in [3.05, 3.63) is 107 Å². The Balaban J connectivity index is 1.29. The number of aryl methyl sites for hydroxylation is 1. The van der Waals surface area contributed by atoms with E-state index in [0.717, 1.165) is 50.6 Å². The number of aliphatic carboxylic acids is 1. The van der Waals surface area contributed by atoms with Crippen molar-refractivity contribution in [3.8, 4) is 22.6 Å². The van der Waals surface area contributed by atoms with Gasteiger partial charge in [-0.2, -0.15) is 0 Å². The monoisotopic (exact) mass is 510 g/mol. The van der Waals surface area contributed by atoms with Crippen LogP contribution in [0.15, 0.2) is 78.9 Å². The molecule has 7 heteroatoms. The number of methoxy groups -OCH3 is 1. The predicted octanol–water partition coefficient (Wildman–Crippen LogP) is 5.64. The van der Waals surface area contributed by atoms with Gasteiger partial charge in [0.15, 0.2) is 0 Å². The van der Waals surface area contributed by atoms with Crippen LogP contribution in [0.1, 0.15) is 34.0 Å². The maximum absolute atomic E-state index is 12.8. The summed E-state index contributed by atoms with van der Waals surface area (Å²) >= 11 is 0. The minimum absolute atomic E-state index is 0.0989. The Morgan fingerprint density at radius 1 is 0.947 bits per heavy atom. The number of nitrogens with zero attached hydrogens (tertiary/aromatic N) is 1. The number of carboxylic acid groups (broad SMARTS) is 1. The molecular formula is C31H30N2O5. The maximum Gasteiger partial charge on any atom is 0.407 e. The first-order valence-corrected chi connectivity index (χ1v) is 12.5. The van der Waals surface area contributed by atoms with Crippen LogP contribution < -0.4 is 10.1 Å². The van der Waals surface area contributed by atoms with E-state index in [-0.39, 0.29) is 18.9 Å². The van der Waals surface area contributed by atoms with Crippen LogP contribution in [-0.2, 0) is 16.0 Å². The van der Waals surface area contributed by atoms with E-state index in [9.17, 15) is 14.7 Å². The van der Waals surface area contributed by atoms with Gasteiger partial charge in [-0.3, -0.25) is 0 Å². The molecule has 0 saturated heterocycles. The smallest absolute Gasteiger partial charge is 0.407 e. The molecule has 4 aromatic rings. The zero-order valence-corrected chi connectivity index (χ0v) is 21.6. The number of nitrogens with one attached hydrogen (secondary N) is 1. The fraction of sp³-hybridized carbons (Fsp3) is 0.226. The van der Waals surface area contributed by atoms with Crippen molar-refractivity contribution in [2.75, 3.05) is 13.7 Å². The molecule has 1 aliphatic carbocycles. The zero-order valence-electron chi connectivity index (χ0n) is 21.6. The van der Waals surface area contributed by atoms with Crippen molar-refractivity contribution < 1.29 is 24.2 Å². The van der Waals surface area contributed by atoms with Crippen LogP contribution >= 0.6 is 0 Å². The molecular weight excluding hydrogens is 480 g/mol. The minimum atomic E-state index is -1.13. The van der Waals surface area contributed by atoms with Crippen LogP contribution in [0.2, 0.25) is 0 Å². The number of aromatic nitrogens is 1. The molecule has 0 radical (unpaired) electrons. The van der Waals surface area contributed by atoms with Gasteiger partial charge in [0.2, 0.25) is 0 Å². The second kappa shape index (κ2) is 10.5. The van der Waals surface area contributed by atoms with Crippen molar-refractivity contribution in [3.63, 3.8) is 0 Å². The highest BCUT2D eigenvalue weighted by Crippen LogP contribution is 2.44. The topological polar surface area (TPSA) is 89.8 Å². The van der Waals surface area contributed by atoms with Gasteiger partial charge in [0.05, 0.1) is 7.11 Å². The lowest BCUT2D eigenvalue weighted by Crippen LogP contribution is -2.43. The van der Waals surface area contributed by atoms with Crippen molar-refractivity contribution in [1.29, 1.82) is 0 Å². The lowest BCUT2D eigenvalue weighted by Gasteiger charge is -2.18. The van der Waals surface area contributed by atoms with Crippen LogP contribution in [0, 0.1) is 13.8 Å². The van der Waals surface area contributed by atoms with Crippen LogP contribution in [0.3, 0.4) is 0 Å². The zero-order chi connectivity index (χ0) is 26.8. The summed E-state index contributed by atoms with van der Waals surface area (Å²) in [5.74, 6) is -0.486. The number of carboxylic acids is 1. The number of hydrogen-bond donors (Lipinski definition) is 2. The van der Waals surface area contributed by atoms with E-state index in [1.54, 1.807) is 7.11 Å². The summed E-state index contributed by atoms with van der Waals surface area (Å²) in [6.45, 7) is 4.02. The lowest BCUT2D eigenvalue weighted by molar-refractivity contribution is -0.139. The molecule has 1 aromatic heterocycles. The van der Waals surface area contributed by atoms with E-state index in [4.69, 9.17) is 9.47 Å². The highest BCUT2D eigenvalue weighted by molar-refractivity contribution is 5.81. The van der Waals surface area contributed by atoms with Crippen LogP contribution in [0.4, 0.5) is 4.79 Å². The van der Waals surface area contributed by atoms with Gasteiger partial charge in [0.1, 0.15) is 18.4 Å². The molecule has 38 heavy (non-hydrogen) atoms. The number of benzene rings is 3. The van der Waals surface area contributed by atoms with Gasteiger partial charge in [-0.15, -0.1) is 0 Å². The van der Waals surface area contributed by atoms with E-state index in [2.05, 4.69) is 17.4 Å². The second-order valence-corrected chi connectivity index (χ2v) is 9.50. The number of hydrogen-bond acceptors (Lipinski definition) is 4. The molecule has 7 nitrogen and oxygen atoms in total. The van der Waals surface area contributed by atoms with Gasteiger partial charge in [-0.25, -0.2) is 9.59 Å². The molecule has 1 aliphatic rings. The van der Waals surface area contributed by atoms with Crippen molar-refractivity contribution in [1.82, 2.24) is 9.88 Å². The number of alkyl carbamates (subject to hydrolysis) is 1. The Hall–Kier alpha value is -4.52. The van der Waals surface area contributed by atoms with E-state index < -0.39 is 18.1 Å². The molecule has 0 aliphatic heterocycles. The van der Waals surface area contributed by atoms with Gasteiger partial charge in [0, 0.05) is 35.5 Å². The van der Waals surface area contributed by atoms with E-state index >= 15 is 0 Å². The van der Waals surface area contributed by atoms with Crippen LogP contribution in [0.5, 0.6) is 5.75 Å². The number of rotatable bonds is 8. The number of ether oxygens (including phenoxy) is 2. The Kier molecular flexibility index (Phi) is 6.92. The molecule has 1 amide bonds. The van der Waals surface area contributed by atoms with Crippen molar-refractivity contribution in [2.45, 2.75) is 32.2 Å². The number of amides is 1. The molecule has 0 fully saturated rings. The highest BCUT2D eigenvalue weighted by Gasteiger charge is 2.30. The predicted molar refractivity (Wildman–Crippen MR) is 145 cm³/mol. The van der Waals surface area contributed by atoms with Crippen LogP contribution in [-0.4, -0.2) is 41.5 Å². The first-order chi connectivity index (χ1) is 18.4. The Bertz CT molecular complexity index is 1460. The summed E-state index contributed by atoms with van der Waals surface area (Å²) in [7, 11) is 1.62. The summed E-state index contributed by atoms with van der Waals surface area (Å²) in [6.07, 6.45) is -0.621. The molecule has 2 N–H and O–H groups in total. The van der Waals surface area contributed by atoms with Gasteiger partial charge in [-0.1, -0.05) is 54.6 Å².